The number of thiazole rings is 1. The van der Waals surface area contributed by atoms with Crippen LogP contribution in [0.4, 0.5) is 9.52 Å². The highest BCUT2D eigenvalue weighted by Gasteiger charge is 2.16. The van der Waals surface area contributed by atoms with Crippen LogP contribution in [0.1, 0.15) is 19.4 Å². The minimum absolute atomic E-state index is 0.159. The van der Waals surface area contributed by atoms with Crippen molar-refractivity contribution >= 4 is 34.0 Å². The van der Waals surface area contributed by atoms with Crippen LogP contribution < -0.4 is 14.8 Å². The Morgan fingerprint density at radius 2 is 2.00 bits per heavy atom. The molecule has 5 nitrogen and oxygen atoms in total. The molecule has 0 aliphatic rings. The fourth-order valence-electron chi connectivity index (χ4n) is 2.73. The fourth-order valence-corrected chi connectivity index (χ4v) is 3.68. The standard InChI is InChI=1S/C21H20ClFN2O3S/c1-3-27-13-8-9-19(28-4-2)15(10-13)18-12-29-21(24-18)25-20(26)11-14-16(22)6-5-7-17(14)23/h5-10,12H,3-4,11H2,1-2H3,(H,24,25,26). The highest BCUT2D eigenvalue weighted by Crippen LogP contribution is 2.35. The molecule has 0 unspecified atom stereocenters. The van der Waals surface area contributed by atoms with E-state index in [9.17, 15) is 9.18 Å². The van der Waals surface area contributed by atoms with Crippen LogP contribution in [0.3, 0.4) is 0 Å². The van der Waals surface area contributed by atoms with Gasteiger partial charge in [-0.05, 0) is 44.2 Å². The molecular formula is C21H20ClFN2O3S. The molecule has 0 fully saturated rings. The molecule has 3 rings (SSSR count). The van der Waals surface area contributed by atoms with Crippen molar-refractivity contribution in [1.29, 1.82) is 0 Å². The van der Waals surface area contributed by atoms with E-state index in [-0.39, 0.29) is 17.0 Å². The van der Waals surface area contributed by atoms with Crippen molar-refractivity contribution < 1.29 is 18.7 Å². The smallest absolute Gasteiger partial charge is 0.230 e. The van der Waals surface area contributed by atoms with E-state index < -0.39 is 11.7 Å². The predicted molar refractivity (Wildman–Crippen MR) is 114 cm³/mol. The van der Waals surface area contributed by atoms with Crippen molar-refractivity contribution in [3.05, 3.63) is 58.2 Å². The summed E-state index contributed by atoms with van der Waals surface area (Å²) in [5, 5.41) is 5.14. The number of halogens is 2. The van der Waals surface area contributed by atoms with Crippen molar-refractivity contribution in [2.75, 3.05) is 18.5 Å². The molecule has 1 heterocycles. The monoisotopic (exact) mass is 434 g/mol. The number of carbonyl (C=O) groups excluding carboxylic acids is 1. The number of nitrogens with one attached hydrogen (secondary N) is 1. The summed E-state index contributed by atoms with van der Waals surface area (Å²) in [5.74, 6) is 0.476. The lowest BCUT2D eigenvalue weighted by atomic mass is 10.1. The summed E-state index contributed by atoms with van der Waals surface area (Å²) in [7, 11) is 0. The normalized spacial score (nSPS) is 10.6. The number of hydrogen-bond donors (Lipinski definition) is 1. The fraction of sp³-hybridized carbons (Fsp3) is 0.238. The first kappa shape index (κ1) is 21.1. The highest BCUT2D eigenvalue weighted by atomic mass is 35.5. The minimum Gasteiger partial charge on any atom is -0.494 e. The first-order chi connectivity index (χ1) is 14.0. The van der Waals surface area contributed by atoms with Gasteiger partial charge in [0.15, 0.2) is 5.13 Å². The molecule has 29 heavy (non-hydrogen) atoms. The second-order valence-electron chi connectivity index (χ2n) is 5.99. The molecule has 3 aromatic rings. The van der Waals surface area contributed by atoms with E-state index in [0.29, 0.717) is 35.5 Å². The number of anilines is 1. The van der Waals surface area contributed by atoms with Crippen LogP contribution in [0.5, 0.6) is 11.5 Å². The molecule has 0 saturated heterocycles. The number of aromatic nitrogens is 1. The number of hydrogen-bond acceptors (Lipinski definition) is 5. The van der Waals surface area contributed by atoms with Gasteiger partial charge in [-0.1, -0.05) is 17.7 Å². The van der Waals surface area contributed by atoms with Gasteiger partial charge in [0.1, 0.15) is 17.3 Å². The number of amides is 1. The Labute approximate surface area is 177 Å². The molecule has 8 heteroatoms. The van der Waals surface area contributed by atoms with Gasteiger partial charge in [0.2, 0.25) is 5.91 Å². The van der Waals surface area contributed by atoms with Crippen LogP contribution in [-0.4, -0.2) is 24.1 Å². The number of ether oxygens (including phenoxy) is 2. The van der Waals surface area contributed by atoms with E-state index in [1.165, 1.54) is 23.5 Å². The summed E-state index contributed by atoms with van der Waals surface area (Å²) in [6.45, 7) is 4.87. The summed E-state index contributed by atoms with van der Waals surface area (Å²) in [6.07, 6.45) is -0.176. The van der Waals surface area contributed by atoms with Gasteiger partial charge >= 0.3 is 0 Å². The molecule has 1 aromatic heterocycles. The van der Waals surface area contributed by atoms with Crippen LogP contribution in [0.15, 0.2) is 41.8 Å². The first-order valence-corrected chi connectivity index (χ1v) is 10.4. The number of nitrogens with zero attached hydrogens (tertiary/aromatic N) is 1. The molecule has 152 valence electrons. The zero-order chi connectivity index (χ0) is 20.8. The number of rotatable bonds is 8. The Bertz CT molecular complexity index is 989. The average Bonchev–Trinajstić information content (AvgIpc) is 3.14. The topological polar surface area (TPSA) is 60.5 Å². The van der Waals surface area contributed by atoms with E-state index in [4.69, 9.17) is 21.1 Å². The summed E-state index contributed by atoms with van der Waals surface area (Å²) in [6, 6.07) is 9.85. The average molecular weight is 435 g/mol. The van der Waals surface area contributed by atoms with E-state index in [1.54, 1.807) is 6.07 Å². The summed E-state index contributed by atoms with van der Waals surface area (Å²) in [4.78, 5) is 16.8. The lowest BCUT2D eigenvalue weighted by Gasteiger charge is -2.11. The third-order valence-electron chi connectivity index (χ3n) is 3.99. The maximum atomic E-state index is 13.9. The SMILES string of the molecule is CCOc1ccc(OCC)c(-c2csc(NC(=O)Cc3c(F)cccc3Cl)n2)c1. The van der Waals surface area contributed by atoms with Gasteiger partial charge < -0.3 is 14.8 Å². The molecular weight excluding hydrogens is 415 g/mol. The Balaban J connectivity index is 1.78. The molecule has 0 bridgehead atoms. The maximum Gasteiger partial charge on any atom is 0.230 e. The Kier molecular flexibility index (Phi) is 7.06. The third kappa shape index (κ3) is 5.25. The third-order valence-corrected chi connectivity index (χ3v) is 5.10. The van der Waals surface area contributed by atoms with Gasteiger partial charge in [-0.15, -0.1) is 11.3 Å². The van der Waals surface area contributed by atoms with E-state index >= 15 is 0 Å². The van der Waals surface area contributed by atoms with Gasteiger partial charge in [-0.25, -0.2) is 9.37 Å². The van der Waals surface area contributed by atoms with Crippen molar-refractivity contribution in [3.8, 4) is 22.8 Å². The van der Waals surface area contributed by atoms with Gasteiger partial charge in [0.25, 0.3) is 0 Å². The van der Waals surface area contributed by atoms with Crippen LogP contribution in [-0.2, 0) is 11.2 Å². The lowest BCUT2D eigenvalue weighted by molar-refractivity contribution is -0.115. The first-order valence-electron chi connectivity index (χ1n) is 9.10. The van der Waals surface area contributed by atoms with Crippen LogP contribution in [0.25, 0.3) is 11.3 Å². The van der Waals surface area contributed by atoms with E-state index in [1.807, 2.05) is 37.4 Å². The second kappa shape index (κ2) is 9.71. The van der Waals surface area contributed by atoms with Crippen LogP contribution in [0.2, 0.25) is 5.02 Å². The molecule has 0 saturated carbocycles. The summed E-state index contributed by atoms with van der Waals surface area (Å²) >= 11 is 7.26. The summed E-state index contributed by atoms with van der Waals surface area (Å²) < 4.78 is 25.1. The van der Waals surface area contributed by atoms with Gasteiger partial charge in [0, 0.05) is 21.5 Å². The van der Waals surface area contributed by atoms with Crippen molar-refractivity contribution in [1.82, 2.24) is 4.98 Å². The molecule has 0 spiro atoms. The van der Waals surface area contributed by atoms with E-state index in [2.05, 4.69) is 10.3 Å². The lowest BCUT2D eigenvalue weighted by Crippen LogP contribution is -2.15. The Hall–Kier alpha value is -2.64. The van der Waals surface area contributed by atoms with Crippen LogP contribution >= 0.6 is 22.9 Å². The van der Waals surface area contributed by atoms with Crippen molar-refractivity contribution in [2.45, 2.75) is 20.3 Å². The molecule has 0 aliphatic carbocycles. The Morgan fingerprint density at radius 3 is 2.72 bits per heavy atom. The van der Waals surface area contributed by atoms with Gasteiger partial charge in [0.05, 0.1) is 25.3 Å². The minimum atomic E-state index is -0.512. The quantitative estimate of drug-likeness (QED) is 0.502. The molecule has 0 radical (unpaired) electrons. The van der Waals surface area contributed by atoms with Gasteiger partial charge in [-0.2, -0.15) is 0 Å². The molecule has 0 aliphatic heterocycles. The number of carbonyl (C=O) groups is 1. The van der Waals surface area contributed by atoms with Crippen LogP contribution in [0, 0.1) is 5.82 Å². The maximum absolute atomic E-state index is 13.9. The molecule has 1 amide bonds. The van der Waals surface area contributed by atoms with Crippen molar-refractivity contribution in [2.24, 2.45) is 0 Å². The molecule has 0 atom stereocenters. The molecule has 2 aromatic carbocycles. The summed E-state index contributed by atoms with van der Waals surface area (Å²) in [5.41, 5.74) is 1.58. The number of benzene rings is 2. The zero-order valence-electron chi connectivity index (χ0n) is 16.0. The zero-order valence-corrected chi connectivity index (χ0v) is 17.6. The predicted octanol–water partition coefficient (Wildman–Crippen LogP) is 5.58. The second-order valence-corrected chi connectivity index (χ2v) is 7.25. The van der Waals surface area contributed by atoms with Crippen molar-refractivity contribution in [3.63, 3.8) is 0 Å². The highest BCUT2D eigenvalue weighted by molar-refractivity contribution is 7.14. The van der Waals surface area contributed by atoms with E-state index in [0.717, 1.165) is 5.56 Å². The van der Waals surface area contributed by atoms with Gasteiger partial charge in [-0.3, -0.25) is 4.79 Å². The largest absolute Gasteiger partial charge is 0.494 e. The molecule has 1 N–H and O–H groups in total. The Morgan fingerprint density at radius 1 is 1.21 bits per heavy atom.